The van der Waals surface area contributed by atoms with Crippen LogP contribution in [-0.2, 0) is 14.1 Å². The van der Waals surface area contributed by atoms with Crippen molar-refractivity contribution in [2.75, 3.05) is 7.11 Å². The third-order valence-corrected chi connectivity index (χ3v) is 1.11. The summed E-state index contributed by atoms with van der Waals surface area (Å²) in [5, 5.41) is 7.86. The van der Waals surface area contributed by atoms with Crippen molar-refractivity contribution in [2.24, 2.45) is 0 Å². The molecule has 1 N–H and O–H groups in total. The zero-order valence-electron chi connectivity index (χ0n) is 4.70. The summed E-state index contributed by atoms with van der Waals surface area (Å²) in [6.07, 6.45) is 0.445. The Hall–Kier alpha value is -0.890. The summed E-state index contributed by atoms with van der Waals surface area (Å²) in [5.74, 6) is -0.797. The van der Waals surface area contributed by atoms with Crippen LogP contribution in [-0.4, -0.2) is 18.2 Å². The molecule has 0 aliphatic heterocycles. The highest BCUT2D eigenvalue weighted by Crippen LogP contribution is 2.10. The minimum absolute atomic E-state index is 0.294. The SMILES string of the molecule is COC(=O)/C(=C/O)P=O. The number of aliphatic hydroxyl groups excluding tert-OH is 1. The Morgan fingerprint density at radius 3 is 2.44 bits per heavy atom. The average Bonchev–Trinajstić information content (AvgIpc) is 1.90. The third kappa shape index (κ3) is 2.24. The molecule has 9 heavy (non-hydrogen) atoms. The van der Waals surface area contributed by atoms with E-state index in [0.29, 0.717) is 6.26 Å². The molecule has 0 saturated heterocycles. The Kier molecular flexibility index (Phi) is 3.64. The summed E-state index contributed by atoms with van der Waals surface area (Å²) in [6.45, 7) is 0. The van der Waals surface area contributed by atoms with E-state index in [9.17, 15) is 9.36 Å². The monoisotopic (exact) mass is 148 g/mol. The largest absolute Gasteiger partial charge is 0.514 e. The first-order chi connectivity index (χ1) is 4.26. The fourth-order valence-electron chi connectivity index (χ4n) is 0.218. The van der Waals surface area contributed by atoms with Crippen molar-refractivity contribution in [1.29, 1.82) is 0 Å². The predicted molar refractivity (Wildman–Crippen MR) is 30.3 cm³/mol. The Morgan fingerprint density at radius 1 is 1.78 bits per heavy atom. The maximum atomic E-state index is 10.3. The molecule has 4 nitrogen and oxygen atoms in total. The number of aliphatic hydroxyl groups is 1. The molecule has 0 rings (SSSR count). The second-order valence-corrected chi connectivity index (χ2v) is 1.76. The highest BCUT2D eigenvalue weighted by molar-refractivity contribution is 7.31. The number of carbonyl (C=O) groups is 1. The molecule has 0 radical (unpaired) electrons. The van der Waals surface area contributed by atoms with Crippen LogP contribution in [0.25, 0.3) is 0 Å². The quantitative estimate of drug-likeness (QED) is 0.273. The number of hydrogen-bond acceptors (Lipinski definition) is 4. The molecule has 0 saturated carbocycles. The molecule has 0 aromatic rings. The predicted octanol–water partition coefficient (Wildman–Crippen LogP) is 0.850. The Bertz CT molecular complexity index is 151. The fourth-order valence-corrected chi connectivity index (χ4v) is 0.431. The number of methoxy groups -OCH3 is 1. The van der Waals surface area contributed by atoms with E-state index in [1.54, 1.807) is 0 Å². The Labute approximate surface area is 53.3 Å². The second-order valence-electron chi connectivity index (χ2n) is 1.10. The van der Waals surface area contributed by atoms with Gasteiger partial charge in [-0.3, -0.25) is 4.57 Å². The molecule has 5 heteroatoms. The molecule has 0 amide bonds. The minimum Gasteiger partial charge on any atom is -0.514 e. The van der Waals surface area contributed by atoms with E-state index in [4.69, 9.17) is 5.11 Å². The van der Waals surface area contributed by atoms with Gasteiger partial charge >= 0.3 is 5.97 Å². The molecule has 0 aromatic heterocycles. The van der Waals surface area contributed by atoms with E-state index >= 15 is 0 Å². The van der Waals surface area contributed by atoms with Gasteiger partial charge in [-0.05, 0) is 0 Å². The lowest BCUT2D eigenvalue weighted by molar-refractivity contribution is -0.135. The van der Waals surface area contributed by atoms with E-state index < -0.39 is 14.4 Å². The zero-order chi connectivity index (χ0) is 7.28. The van der Waals surface area contributed by atoms with Crippen molar-refractivity contribution < 1.29 is 19.2 Å². The normalized spacial score (nSPS) is 11.4. The molecule has 0 aliphatic rings. The lowest BCUT2D eigenvalue weighted by Gasteiger charge is -1.91. The number of rotatable bonds is 2. The van der Waals surface area contributed by atoms with Crippen molar-refractivity contribution in [3.8, 4) is 0 Å². The molecule has 0 spiro atoms. The van der Waals surface area contributed by atoms with Crippen molar-refractivity contribution in [3.63, 3.8) is 0 Å². The van der Waals surface area contributed by atoms with Gasteiger partial charge in [-0.15, -0.1) is 0 Å². The topological polar surface area (TPSA) is 63.6 Å². The van der Waals surface area contributed by atoms with Gasteiger partial charge in [-0.25, -0.2) is 4.79 Å². The second kappa shape index (κ2) is 4.04. The summed E-state index contributed by atoms with van der Waals surface area (Å²) in [7, 11) is 0.592. The van der Waals surface area contributed by atoms with Crippen LogP contribution in [0.3, 0.4) is 0 Å². The van der Waals surface area contributed by atoms with Gasteiger partial charge in [0.2, 0.25) is 8.46 Å². The van der Waals surface area contributed by atoms with Crippen LogP contribution in [0.2, 0.25) is 0 Å². The Balaban J connectivity index is 4.14. The molecule has 0 bridgehead atoms. The van der Waals surface area contributed by atoms with Crippen LogP contribution in [0.1, 0.15) is 0 Å². The molecular formula is C4H5O4P. The smallest absolute Gasteiger partial charge is 0.348 e. The Morgan fingerprint density at radius 2 is 2.33 bits per heavy atom. The zero-order valence-corrected chi connectivity index (χ0v) is 5.59. The van der Waals surface area contributed by atoms with E-state index in [0.717, 1.165) is 7.11 Å². The van der Waals surface area contributed by atoms with Gasteiger partial charge < -0.3 is 9.84 Å². The van der Waals surface area contributed by atoms with Gasteiger partial charge in [-0.2, -0.15) is 0 Å². The van der Waals surface area contributed by atoms with Gasteiger partial charge in [0.25, 0.3) is 0 Å². The summed E-state index contributed by atoms with van der Waals surface area (Å²) in [5.41, 5.74) is 0. The molecule has 50 valence electrons. The van der Waals surface area contributed by atoms with Gasteiger partial charge in [0.1, 0.15) is 6.26 Å². The van der Waals surface area contributed by atoms with Crippen LogP contribution in [0.4, 0.5) is 0 Å². The minimum atomic E-state index is -0.797. The summed E-state index contributed by atoms with van der Waals surface area (Å²) in [4.78, 5) is 10.3. The third-order valence-electron chi connectivity index (χ3n) is 0.615. The summed E-state index contributed by atoms with van der Waals surface area (Å²) in [6, 6.07) is 0. The molecular weight excluding hydrogens is 143 g/mol. The first-order valence-electron chi connectivity index (χ1n) is 2.02. The van der Waals surface area contributed by atoms with Gasteiger partial charge in [0.05, 0.1) is 7.11 Å². The standard InChI is InChI=1S/C4H5O4P/c1-8-4(6)3(2-5)9-7/h2,5H,1H3/b3-2-. The number of ether oxygens (including phenoxy) is 1. The average molecular weight is 148 g/mol. The highest BCUT2D eigenvalue weighted by Gasteiger charge is 2.07. The first kappa shape index (κ1) is 8.11. The van der Waals surface area contributed by atoms with Crippen LogP contribution in [0.5, 0.6) is 0 Å². The first-order valence-corrected chi connectivity index (χ1v) is 2.83. The van der Waals surface area contributed by atoms with Crippen LogP contribution in [0, 0.1) is 0 Å². The van der Waals surface area contributed by atoms with Crippen LogP contribution >= 0.6 is 8.46 Å². The van der Waals surface area contributed by atoms with Gasteiger partial charge in [0, 0.05) is 0 Å². The van der Waals surface area contributed by atoms with E-state index in [1.807, 2.05) is 0 Å². The number of hydrogen-bond donors (Lipinski definition) is 1. The maximum Gasteiger partial charge on any atom is 0.348 e. The number of esters is 1. The molecule has 0 heterocycles. The van der Waals surface area contributed by atoms with Crippen molar-refractivity contribution >= 4 is 14.4 Å². The molecule has 0 aliphatic carbocycles. The molecule has 0 aromatic carbocycles. The highest BCUT2D eigenvalue weighted by atomic mass is 31.1. The van der Waals surface area contributed by atoms with Crippen LogP contribution in [0.15, 0.2) is 11.6 Å². The molecule has 0 atom stereocenters. The summed E-state index contributed by atoms with van der Waals surface area (Å²) < 4.78 is 14.0. The molecule has 0 fully saturated rings. The van der Waals surface area contributed by atoms with E-state index in [2.05, 4.69) is 4.74 Å². The lowest BCUT2D eigenvalue weighted by atomic mass is 10.6. The van der Waals surface area contributed by atoms with E-state index in [-0.39, 0.29) is 5.31 Å². The fraction of sp³-hybridized carbons (Fsp3) is 0.250. The van der Waals surface area contributed by atoms with Gasteiger partial charge in [0.15, 0.2) is 5.31 Å². The van der Waals surface area contributed by atoms with Crippen LogP contribution < -0.4 is 0 Å². The molecule has 0 unspecified atom stereocenters. The number of carbonyl (C=O) groups excluding carboxylic acids is 1. The van der Waals surface area contributed by atoms with Crippen molar-refractivity contribution in [2.45, 2.75) is 0 Å². The lowest BCUT2D eigenvalue weighted by Crippen LogP contribution is -1.99. The summed E-state index contributed by atoms with van der Waals surface area (Å²) >= 11 is 0. The van der Waals surface area contributed by atoms with Gasteiger partial charge in [-0.1, -0.05) is 0 Å². The maximum absolute atomic E-state index is 10.3. The van der Waals surface area contributed by atoms with E-state index in [1.165, 1.54) is 0 Å². The van der Waals surface area contributed by atoms with Crippen molar-refractivity contribution in [1.82, 2.24) is 0 Å². The van der Waals surface area contributed by atoms with Crippen molar-refractivity contribution in [3.05, 3.63) is 11.6 Å².